The van der Waals surface area contributed by atoms with Crippen molar-refractivity contribution in [3.05, 3.63) is 82.2 Å². The third kappa shape index (κ3) is 4.08. The highest BCUT2D eigenvalue weighted by molar-refractivity contribution is 5.92. The zero-order chi connectivity index (χ0) is 20.2. The average Bonchev–Trinajstić information content (AvgIpc) is 3.22. The molecule has 0 saturated carbocycles. The highest BCUT2D eigenvalue weighted by atomic mass is 16.6. The maximum absolute atomic E-state index is 12.8. The van der Waals surface area contributed by atoms with E-state index in [2.05, 4.69) is 10.3 Å². The number of hydrogen-bond acceptors (Lipinski definition) is 6. The van der Waals surface area contributed by atoms with Crippen LogP contribution in [0.2, 0.25) is 0 Å². The number of amides is 1. The molecule has 1 fully saturated rings. The van der Waals surface area contributed by atoms with Crippen molar-refractivity contribution in [3.63, 3.8) is 0 Å². The Morgan fingerprint density at radius 3 is 2.41 bits per heavy atom. The Morgan fingerprint density at radius 1 is 1.00 bits per heavy atom. The molecule has 1 aromatic heterocycles. The van der Waals surface area contributed by atoms with Crippen molar-refractivity contribution in [2.24, 2.45) is 0 Å². The molecule has 148 valence electrons. The molecule has 9 heteroatoms. The summed E-state index contributed by atoms with van der Waals surface area (Å²) in [5, 5.41) is 19.3. The lowest BCUT2D eigenvalue weighted by atomic mass is 10.2. The molecule has 1 aliphatic heterocycles. The predicted molar refractivity (Wildman–Crippen MR) is 107 cm³/mol. The second-order valence-electron chi connectivity index (χ2n) is 6.81. The molecule has 2 aromatic carbocycles. The fourth-order valence-corrected chi connectivity index (χ4v) is 3.44. The second-order valence-corrected chi connectivity index (χ2v) is 6.81. The Bertz CT molecular complexity index is 1010. The van der Waals surface area contributed by atoms with Crippen molar-refractivity contribution >= 4 is 17.3 Å². The number of carbonyl (C=O) groups is 1. The number of hydrogen-bond donors (Lipinski definition) is 0. The number of carbonyl (C=O) groups excluding carboxylic acids is 1. The fourth-order valence-electron chi connectivity index (χ4n) is 3.44. The van der Waals surface area contributed by atoms with Gasteiger partial charge in [0.2, 0.25) is 0 Å². The molecular formula is C20H20N6O3. The first-order chi connectivity index (χ1) is 14.1. The summed E-state index contributed by atoms with van der Waals surface area (Å²) in [5.74, 6) is -0.175. The minimum Gasteiger partial charge on any atom is -0.362 e. The molecule has 0 spiro atoms. The molecule has 0 aliphatic carbocycles. The highest BCUT2D eigenvalue weighted by Crippen LogP contribution is 2.28. The average molecular weight is 392 g/mol. The van der Waals surface area contributed by atoms with Crippen LogP contribution in [-0.2, 0) is 6.54 Å². The quantitative estimate of drug-likeness (QED) is 0.488. The first kappa shape index (κ1) is 18.6. The van der Waals surface area contributed by atoms with E-state index in [4.69, 9.17) is 0 Å². The number of benzene rings is 2. The van der Waals surface area contributed by atoms with Crippen LogP contribution in [0.1, 0.15) is 16.1 Å². The molecule has 3 aromatic rings. The van der Waals surface area contributed by atoms with E-state index in [1.807, 2.05) is 35.2 Å². The first-order valence-electron chi connectivity index (χ1n) is 9.33. The maximum Gasteiger partial charge on any atom is 0.292 e. The first-order valence-corrected chi connectivity index (χ1v) is 9.33. The van der Waals surface area contributed by atoms with Gasteiger partial charge in [0.05, 0.1) is 17.7 Å². The normalized spacial score (nSPS) is 14.1. The molecule has 1 aliphatic rings. The summed E-state index contributed by atoms with van der Waals surface area (Å²) < 4.78 is 1.64. The number of anilines is 1. The molecular weight excluding hydrogens is 372 g/mol. The largest absolute Gasteiger partial charge is 0.362 e. The van der Waals surface area contributed by atoms with Crippen LogP contribution < -0.4 is 4.90 Å². The van der Waals surface area contributed by atoms with Crippen LogP contribution in [0.15, 0.2) is 60.8 Å². The van der Waals surface area contributed by atoms with E-state index in [1.165, 1.54) is 6.07 Å². The molecule has 0 bridgehead atoms. The van der Waals surface area contributed by atoms with Gasteiger partial charge in [0.15, 0.2) is 5.69 Å². The number of nitro benzene ring substituents is 1. The molecule has 4 rings (SSSR count). The SMILES string of the molecule is O=C(c1cn(Cc2ccccc2)nn1)N1CCN(c2ccccc2[N+](=O)[O-])CC1. The number of rotatable bonds is 5. The third-order valence-corrected chi connectivity index (χ3v) is 4.93. The van der Waals surface area contributed by atoms with Gasteiger partial charge in [0.1, 0.15) is 5.69 Å². The molecule has 29 heavy (non-hydrogen) atoms. The van der Waals surface area contributed by atoms with Crippen molar-refractivity contribution < 1.29 is 9.72 Å². The van der Waals surface area contributed by atoms with Gasteiger partial charge in [-0.1, -0.05) is 47.7 Å². The van der Waals surface area contributed by atoms with Crippen molar-refractivity contribution in [3.8, 4) is 0 Å². The Kier molecular flexibility index (Phi) is 5.19. The summed E-state index contributed by atoms with van der Waals surface area (Å²) in [6, 6.07) is 16.5. The molecule has 0 unspecified atom stereocenters. The Morgan fingerprint density at radius 2 is 1.69 bits per heavy atom. The van der Waals surface area contributed by atoms with Gasteiger partial charge < -0.3 is 9.80 Å². The van der Waals surface area contributed by atoms with E-state index in [1.54, 1.807) is 34.0 Å². The number of nitrogens with zero attached hydrogens (tertiary/aromatic N) is 6. The maximum atomic E-state index is 12.8. The van der Waals surface area contributed by atoms with Crippen LogP contribution in [0.5, 0.6) is 0 Å². The van der Waals surface area contributed by atoms with Gasteiger partial charge in [0.25, 0.3) is 11.6 Å². The summed E-state index contributed by atoms with van der Waals surface area (Å²) in [6.45, 7) is 2.53. The van der Waals surface area contributed by atoms with Gasteiger partial charge in [-0.3, -0.25) is 14.9 Å². The predicted octanol–water partition coefficient (Wildman–Crippen LogP) is 2.20. The summed E-state index contributed by atoms with van der Waals surface area (Å²) in [6.07, 6.45) is 1.66. The Hall–Kier alpha value is -3.75. The molecule has 1 amide bonds. The number of aromatic nitrogens is 3. The molecule has 0 N–H and O–H groups in total. The minimum atomic E-state index is -0.377. The van der Waals surface area contributed by atoms with Crippen LogP contribution in [0.25, 0.3) is 0 Å². The van der Waals surface area contributed by atoms with Crippen molar-refractivity contribution in [2.45, 2.75) is 6.54 Å². The Labute approximate surface area is 167 Å². The van der Waals surface area contributed by atoms with Crippen molar-refractivity contribution in [1.82, 2.24) is 19.9 Å². The fraction of sp³-hybridized carbons (Fsp3) is 0.250. The van der Waals surface area contributed by atoms with Gasteiger partial charge in [-0.25, -0.2) is 4.68 Å². The lowest BCUT2D eigenvalue weighted by molar-refractivity contribution is -0.384. The van der Waals surface area contributed by atoms with E-state index in [-0.39, 0.29) is 16.5 Å². The van der Waals surface area contributed by atoms with E-state index in [0.29, 0.717) is 44.1 Å². The summed E-state index contributed by atoms with van der Waals surface area (Å²) in [7, 11) is 0. The highest BCUT2D eigenvalue weighted by Gasteiger charge is 2.27. The monoisotopic (exact) mass is 392 g/mol. The van der Waals surface area contributed by atoms with Crippen LogP contribution in [0, 0.1) is 10.1 Å². The van der Waals surface area contributed by atoms with E-state index >= 15 is 0 Å². The molecule has 9 nitrogen and oxygen atoms in total. The van der Waals surface area contributed by atoms with Crippen molar-refractivity contribution in [2.75, 3.05) is 31.1 Å². The van der Waals surface area contributed by atoms with Crippen LogP contribution in [-0.4, -0.2) is 56.9 Å². The molecule has 2 heterocycles. The van der Waals surface area contributed by atoms with Gasteiger partial charge in [-0.2, -0.15) is 0 Å². The summed E-state index contributed by atoms with van der Waals surface area (Å²) in [4.78, 5) is 27.3. The second kappa shape index (κ2) is 8.09. The standard InChI is InChI=1S/C20H20N6O3/c27-20(17-15-25(22-21-17)14-16-6-2-1-3-7-16)24-12-10-23(11-13-24)18-8-4-5-9-19(18)26(28)29/h1-9,15H,10-14H2. The summed E-state index contributed by atoms with van der Waals surface area (Å²) in [5.41, 5.74) is 2.05. The van der Waals surface area contributed by atoms with E-state index in [9.17, 15) is 14.9 Å². The third-order valence-electron chi connectivity index (χ3n) is 4.93. The topological polar surface area (TPSA) is 97.4 Å². The van der Waals surface area contributed by atoms with E-state index < -0.39 is 0 Å². The summed E-state index contributed by atoms with van der Waals surface area (Å²) >= 11 is 0. The van der Waals surface area contributed by atoms with Gasteiger partial charge >= 0.3 is 0 Å². The number of piperazine rings is 1. The zero-order valence-corrected chi connectivity index (χ0v) is 15.7. The Balaban J connectivity index is 1.39. The molecule has 0 atom stereocenters. The van der Waals surface area contributed by atoms with Crippen LogP contribution >= 0.6 is 0 Å². The lowest BCUT2D eigenvalue weighted by Crippen LogP contribution is -2.49. The van der Waals surface area contributed by atoms with Gasteiger partial charge in [-0.15, -0.1) is 5.10 Å². The lowest BCUT2D eigenvalue weighted by Gasteiger charge is -2.35. The zero-order valence-electron chi connectivity index (χ0n) is 15.7. The molecule has 1 saturated heterocycles. The number of nitro groups is 1. The number of para-hydroxylation sites is 2. The van der Waals surface area contributed by atoms with E-state index in [0.717, 1.165) is 5.56 Å². The van der Waals surface area contributed by atoms with Crippen LogP contribution in [0.3, 0.4) is 0 Å². The van der Waals surface area contributed by atoms with Gasteiger partial charge in [0, 0.05) is 32.2 Å². The minimum absolute atomic E-state index is 0.0798. The van der Waals surface area contributed by atoms with Crippen LogP contribution in [0.4, 0.5) is 11.4 Å². The smallest absolute Gasteiger partial charge is 0.292 e. The van der Waals surface area contributed by atoms with Gasteiger partial charge in [-0.05, 0) is 11.6 Å². The molecule has 0 radical (unpaired) electrons. The van der Waals surface area contributed by atoms with Crippen molar-refractivity contribution in [1.29, 1.82) is 0 Å².